The molecule has 0 fully saturated rings. The first-order valence-corrected chi connectivity index (χ1v) is 4.39. The van der Waals surface area contributed by atoms with E-state index in [-0.39, 0.29) is 0 Å². The van der Waals surface area contributed by atoms with Gasteiger partial charge in [-0.2, -0.15) is 0 Å². The summed E-state index contributed by atoms with van der Waals surface area (Å²) in [5, 5.41) is 0. The molecular formula is C10H17N3. The highest BCUT2D eigenvalue weighted by atomic mass is 15.1. The van der Waals surface area contributed by atoms with E-state index in [9.17, 15) is 0 Å². The number of aryl methyl sites for hydroxylation is 2. The molecule has 3 heteroatoms. The molecule has 0 spiro atoms. The summed E-state index contributed by atoms with van der Waals surface area (Å²) in [6.07, 6.45) is 5.18. The van der Waals surface area contributed by atoms with Gasteiger partial charge in [0.1, 0.15) is 0 Å². The topological polar surface area (TPSA) is 30.2 Å². The van der Waals surface area contributed by atoms with Gasteiger partial charge in [-0.3, -0.25) is 0 Å². The van der Waals surface area contributed by atoms with Crippen molar-refractivity contribution in [3.63, 3.8) is 0 Å². The molecule has 0 unspecified atom stereocenters. The lowest BCUT2D eigenvalue weighted by Crippen LogP contribution is -1.82. The first kappa shape index (κ1) is 11.6. The normalized spacial score (nSPS) is 9.54. The highest BCUT2D eigenvalue weighted by Crippen LogP contribution is 2.08. The maximum Gasteiger partial charge on any atom is 0.229 e. The molecule has 0 aliphatic heterocycles. The minimum atomic E-state index is 0.711. The summed E-state index contributed by atoms with van der Waals surface area (Å²) in [7, 11) is 1.91. The summed E-state index contributed by atoms with van der Waals surface area (Å²) in [6, 6.07) is 0. The van der Waals surface area contributed by atoms with E-state index in [1.165, 1.54) is 0 Å². The second-order valence-corrected chi connectivity index (χ2v) is 2.31. The Balaban J connectivity index is 0.000000671. The lowest BCUT2D eigenvalue weighted by molar-refractivity contribution is 0.912. The molecule has 3 nitrogen and oxygen atoms in total. The second-order valence-electron chi connectivity index (χ2n) is 2.31. The second kappa shape index (κ2) is 6.17. The van der Waals surface area contributed by atoms with Gasteiger partial charge in [-0.1, -0.05) is 26.5 Å². The fourth-order valence-corrected chi connectivity index (χ4v) is 0.843. The van der Waals surface area contributed by atoms with Gasteiger partial charge in [0, 0.05) is 19.5 Å². The summed E-state index contributed by atoms with van der Waals surface area (Å²) in [5.41, 5.74) is 0.976. The Morgan fingerprint density at radius 2 is 2.15 bits per heavy atom. The minimum absolute atomic E-state index is 0.711. The zero-order valence-corrected chi connectivity index (χ0v) is 8.78. The minimum Gasteiger partial charge on any atom is -0.318 e. The fraction of sp³-hybridized carbons (Fsp3) is 0.400. The van der Waals surface area contributed by atoms with E-state index in [1.54, 1.807) is 12.3 Å². The highest BCUT2D eigenvalue weighted by molar-refractivity contribution is 5.72. The summed E-state index contributed by atoms with van der Waals surface area (Å²) in [5.74, 6) is 0.711. The first-order valence-electron chi connectivity index (χ1n) is 4.39. The van der Waals surface area contributed by atoms with E-state index in [4.69, 9.17) is 0 Å². The summed E-state index contributed by atoms with van der Waals surface area (Å²) < 4.78 is 1.87. The molecule has 0 amide bonds. The average Bonchev–Trinajstić information content (AvgIpc) is 2.45. The predicted molar refractivity (Wildman–Crippen MR) is 57.6 cm³/mol. The Labute approximate surface area is 79.8 Å². The van der Waals surface area contributed by atoms with Gasteiger partial charge in [0.05, 0.1) is 5.69 Å². The number of imidazole rings is 1. The van der Waals surface area contributed by atoms with Crippen LogP contribution in [0.15, 0.2) is 23.8 Å². The van der Waals surface area contributed by atoms with Crippen molar-refractivity contribution in [1.29, 1.82) is 0 Å². The van der Waals surface area contributed by atoms with Crippen LogP contribution < -0.4 is 0 Å². The van der Waals surface area contributed by atoms with Crippen molar-refractivity contribution in [3.05, 3.63) is 24.5 Å². The van der Waals surface area contributed by atoms with E-state index < -0.39 is 0 Å². The monoisotopic (exact) mass is 179 g/mol. The van der Waals surface area contributed by atoms with Gasteiger partial charge in [-0.25, -0.2) is 9.98 Å². The van der Waals surface area contributed by atoms with E-state index >= 15 is 0 Å². The quantitative estimate of drug-likeness (QED) is 0.642. The van der Waals surface area contributed by atoms with Crippen LogP contribution in [0.4, 0.5) is 5.95 Å². The van der Waals surface area contributed by atoms with Crippen molar-refractivity contribution in [2.24, 2.45) is 12.0 Å². The van der Waals surface area contributed by atoms with Crippen molar-refractivity contribution in [1.82, 2.24) is 9.55 Å². The molecule has 1 rings (SSSR count). The van der Waals surface area contributed by atoms with Crippen LogP contribution >= 0.6 is 0 Å². The van der Waals surface area contributed by atoms with Gasteiger partial charge < -0.3 is 4.57 Å². The lowest BCUT2D eigenvalue weighted by Gasteiger charge is -1.89. The molecule has 0 bridgehead atoms. The molecule has 1 aromatic rings. The fourth-order valence-electron chi connectivity index (χ4n) is 0.843. The van der Waals surface area contributed by atoms with Crippen LogP contribution in [0.1, 0.15) is 19.5 Å². The van der Waals surface area contributed by atoms with Crippen LogP contribution in [-0.2, 0) is 7.05 Å². The Bertz CT molecular complexity index is 284. The number of aromatic nitrogens is 2. The molecule has 1 aromatic heterocycles. The van der Waals surface area contributed by atoms with Gasteiger partial charge in [0.25, 0.3) is 0 Å². The molecule has 0 saturated carbocycles. The third-order valence-corrected chi connectivity index (χ3v) is 1.27. The number of hydrogen-bond acceptors (Lipinski definition) is 2. The van der Waals surface area contributed by atoms with E-state index in [2.05, 4.69) is 16.6 Å². The Morgan fingerprint density at radius 1 is 1.54 bits per heavy atom. The maximum absolute atomic E-state index is 4.16. The molecule has 0 aromatic carbocycles. The summed E-state index contributed by atoms with van der Waals surface area (Å²) in [6.45, 7) is 9.46. The largest absolute Gasteiger partial charge is 0.318 e. The van der Waals surface area contributed by atoms with Crippen molar-refractivity contribution < 1.29 is 0 Å². The molecule has 1 heterocycles. The smallest absolute Gasteiger partial charge is 0.229 e. The maximum atomic E-state index is 4.16. The van der Waals surface area contributed by atoms with E-state index in [0.29, 0.717) is 5.95 Å². The van der Waals surface area contributed by atoms with Gasteiger partial charge >= 0.3 is 0 Å². The number of rotatable bonds is 2. The Morgan fingerprint density at radius 3 is 2.54 bits per heavy atom. The Hall–Kier alpha value is -1.38. The third kappa shape index (κ3) is 3.69. The SMILES string of the molecule is C=C/C=N\c1nc(C)cn1C.CC. The molecule has 0 radical (unpaired) electrons. The molecule has 0 atom stereocenters. The first-order chi connectivity index (χ1) is 6.24. The van der Waals surface area contributed by atoms with Crippen LogP contribution in [0.3, 0.4) is 0 Å². The van der Waals surface area contributed by atoms with E-state index in [0.717, 1.165) is 5.69 Å². The van der Waals surface area contributed by atoms with Gasteiger partial charge in [0.15, 0.2) is 0 Å². The number of nitrogens with zero attached hydrogens (tertiary/aromatic N) is 3. The van der Waals surface area contributed by atoms with Crippen LogP contribution in [0, 0.1) is 6.92 Å². The van der Waals surface area contributed by atoms with Crippen molar-refractivity contribution in [2.45, 2.75) is 20.8 Å². The molecule has 0 saturated heterocycles. The number of hydrogen-bond donors (Lipinski definition) is 0. The standard InChI is InChI=1S/C8H11N3.C2H6/c1-4-5-9-8-10-7(2)6-11(8)3;1-2/h4-6H,1H2,2-3H3;1-2H3/b9-5-;. The van der Waals surface area contributed by atoms with Gasteiger partial charge in [0.2, 0.25) is 5.95 Å². The molecule has 0 aliphatic carbocycles. The summed E-state index contributed by atoms with van der Waals surface area (Å²) >= 11 is 0. The van der Waals surface area contributed by atoms with Gasteiger partial charge in [-0.15, -0.1) is 0 Å². The molecule has 13 heavy (non-hydrogen) atoms. The third-order valence-electron chi connectivity index (χ3n) is 1.27. The van der Waals surface area contributed by atoms with Crippen molar-refractivity contribution >= 4 is 12.2 Å². The van der Waals surface area contributed by atoms with Crippen LogP contribution in [-0.4, -0.2) is 15.8 Å². The number of allylic oxidation sites excluding steroid dienone is 1. The van der Waals surface area contributed by atoms with Crippen LogP contribution in [0.5, 0.6) is 0 Å². The molecule has 0 N–H and O–H groups in total. The van der Waals surface area contributed by atoms with Crippen molar-refractivity contribution in [3.8, 4) is 0 Å². The molecular weight excluding hydrogens is 162 g/mol. The van der Waals surface area contributed by atoms with Crippen LogP contribution in [0.25, 0.3) is 0 Å². The lowest BCUT2D eigenvalue weighted by atomic mass is 10.6. The zero-order valence-electron chi connectivity index (χ0n) is 8.78. The molecule has 0 aliphatic rings. The predicted octanol–water partition coefficient (Wildman–Crippen LogP) is 2.64. The Kier molecular flexibility index (Phi) is 5.52. The van der Waals surface area contributed by atoms with Gasteiger partial charge in [-0.05, 0) is 6.92 Å². The van der Waals surface area contributed by atoms with Crippen LogP contribution in [0.2, 0.25) is 0 Å². The molecule has 72 valence electrons. The van der Waals surface area contributed by atoms with Crippen molar-refractivity contribution in [2.75, 3.05) is 0 Å². The highest BCUT2D eigenvalue weighted by Gasteiger charge is 1.96. The average molecular weight is 179 g/mol. The summed E-state index contributed by atoms with van der Waals surface area (Å²) in [4.78, 5) is 8.22. The van der Waals surface area contributed by atoms with E-state index in [1.807, 2.05) is 38.6 Å². The zero-order chi connectivity index (χ0) is 10.3. The number of aliphatic imine (C=N–C) groups is 1.